The largest absolute Gasteiger partial charge is 0.322 e. The van der Waals surface area contributed by atoms with E-state index in [2.05, 4.69) is 10.0 Å². The SMILES string of the molecule is Cc1cccc(CNS(=O)(=O)c2cccc(C(=O)Nc3cccc(C)c3)c2)c1. The second-order valence-electron chi connectivity index (χ2n) is 6.67. The Morgan fingerprint density at radius 2 is 1.54 bits per heavy atom. The number of hydrogen-bond donors (Lipinski definition) is 2. The molecule has 0 aromatic heterocycles. The Kier molecular flexibility index (Phi) is 5.92. The molecular weight excluding hydrogens is 372 g/mol. The Morgan fingerprint density at radius 1 is 0.857 bits per heavy atom. The highest BCUT2D eigenvalue weighted by Crippen LogP contribution is 2.15. The molecule has 0 saturated heterocycles. The van der Waals surface area contributed by atoms with Crippen molar-refractivity contribution in [2.24, 2.45) is 0 Å². The van der Waals surface area contributed by atoms with Gasteiger partial charge in [0, 0.05) is 17.8 Å². The zero-order valence-electron chi connectivity index (χ0n) is 15.8. The number of carbonyl (C=O) groups is 1. The fourth-order valence-electron chi connectivity index (χ4n) is 2.81. The second kappa shape index (κ2) is 8.37. The van der Waals surface area contributed by atoms with Crippen molar-refractivity contribution in [3.8, 4) is 0 Å². The summed E-state index contributed by atoms with van der Waals surface area (Å²) in [6.45, 7) is 4.07. The number of sulfonamides is 1. The van der Waals surface area contributed by atoms with Gasteiger partial charge >= 0.3 is 0 Å². The van der Waals surface area contributed by atoms with Gasteiger partial charge in [-0.05, 0) is 55.3 Å². The first kappa shape index (κ1) is 19.8. The maximum atomic E-state index is 12.6. The monoisotopic (exact) mass is 394 g/mol. The highest BCUT2D eigenvalue weighted by atomic mass is 32.2. The normalized spacial score (nSPS) is 11.2. The van der Waals surface area contributed by atoms with Crippen LogP contribution < -0.4 is 10.0 Å². The average Bonchev–Trinajstić information content (AvgIpc) is 2.67. The van der Waals surface area contributed by atoms with Gasteiger partial charge in [0.15, 0.2) is 0 Å². The molecule has 3 aromatic carbocycles. The molecule has 0 aliphatic rings. The summed E-state index contributed by atoms with van der Waals surface area (Å²) in [6.07, 6.45) is 0. The van der Waals surface area contributed by atoms with Gasteiger partial charge in [0.25, 0.3) is 5.91 Å². The molecule has 0 radical (unpaired) electrons. The Hall–Kier alpha value is -2.96. The molecule has 3 rings (SSSR count). The first-order valence-corrected chi connectivity index (χ1v) is 10.4. The van der Waals surface area contributed by atoms with Crippen LogP contribution in [0.5, 0.6) is 0 Å². The van der Waals surface area contributed by atoms with Crippen molar-refractivity contribution in [1.82, 2.24) is 4.72 Å². The summed E-state index contributed by atoms with van der Waals surface area (Å²) in [4.78, 5) is 12.5. The average molecular weight is 394 g/mol. The molecule has 0 bridgehead atoms. The standard InChI is InChI=1S/C22H22N2O3S/c1-16-6-3-8-18(12-16)15-23-28(26,27)21-11-5-9-19(14-21)22(25)24-20-10-4-7-17(2)13-20/h3-14,23H,15H2,1-2H3,(H,24,25). The summed E-state index contributed by atoms with van der Waals surface area (Å²) in [7, 11) is -3.74. The molecule has 0 heterocycles. The lowest BCUT2D eigenvalue weighted by molar-refractivity contribution is 0.102. The summed E-state index contributed by atoms with van der Waals surface area (Å²) in [5.41, 5.74) is 3.90. The lowest BCUT2D eigenvalue weighted by Gasteiger charge is -2.10. The Bertz CT molecular complexity index is 1110. The molecule has 5 nitrogen and oxygen atoms in total. The number of nitrogens with one attached hydrogen (secondary N) is 2. The van der Waals surface area contributed by atoms with E-state index in [1.165, 1.54) is 12.1 Å². The fraction of sp³-hybridized carbons (Fsp3) is 0.136. The number of carbonyl (C=O) groups excluding carboxylic acids is 1. The van der Waals surface area contributed by atoms with Crippen molar-refractivity contribution in [2.45, 2.75) is 25.3 Å². The minimum Gasteiger partial charge on any atom is -0.322 e. The molecule has 6 heteroatoms. The molecule has 0 unspecified atom stereocenters. The van der Waals surface area contributed by atoms with Gasteiger partial charge in [-0.3, -0.25) is 4.79 Å². The minimum absolute atomic E-state index is 0.0528. The Morgan fingerprint density at radius 3 is 2.25 bits per heavy atom. The molecule has 0 spiro atoms. The second-order valence-corrected chi connectivity index (χ2v) is 8.43. The van der Waals surface area contributed by atoms with Gasteiger partial charge in [-0.1, -0.05) is 48.0 Å². The summed E-state index contributed by atoms with van der Waals surface area (Å²) in [5, 5.41) is 2.79. The van der Waals surface area contributed by atoms with Gasteiger partial charge in [-0.25, -0.2) is 13.1 Å². The molecule has 28 heavy (non-hydrogen) atoms. The van der Waals surface area contributed by atoms with Crippen molar-refractivity contribution < 1.29 is 13.2 Å². The summed E-state index contributed by atoms with van der Waals surface area (Å²) >= 11 is 0. The third-order valence-electron chi connectivity index (χ3n) is 4.23. The van der Waals surface area contributed by atoms with Crippen molar-refractivity contribution in [3.63, 3.8) is 0 Å². The van der Waals surface area contributed by atoms with E-state index in [0.29, 0.717) is 5.69 Å². The lowest BCUT2D eigenvalue weighted by atomic mass is 10.1. The van der Waals surface area contributed by atoms with E-state index in [4.69, 9.17) is 0 Å². The number of benzene rings is 3. The molecule has 0 aliphatic carbocycles. The Balaban J connectivity index is 1.74. The number of hydrogen-bond acceptors (Lipinski definition) is 3. The van der Waals surface area contributed by atoms with Gasteiger partial charge in [0.1, 0.15) is 0 Å². The molecule has 1 amide bonds. The van der Waals surface area contributed by atoms with Crippen molar-refractivity contribution in [2.75, 3.05) is 5.32 Å². The number of anilines is 1. The predicted molar refractivity (Wildman–Crippen MR) is 111 cm³/mol. The molecule has 0 atom stereocenters. The Labute approximate surface area is 165 Å². The van der Waals surface area contributed by atoms with Crippen molar-refractivity contribution >= 4 is 21.6 Å². The van der Waals surface area contributed by atoms with Gasteiger partial charge in [-0.2, -0.15) is 0 Å². The van der Waals surface area contributed by atoms with Crippen LogP contribution >= 0.6 is 0 Å². The predicted octanol–water partition coefficient (Wildman–Crippen LogP) is 4.03. The third-order valence-corrected chi connectivity index (χ3v) is 5.63. The van der Waals surface area contributed by atoms with E-state index in [-0.39, 0.29) is 22.9 Å². The van der Waals surface area contributed by atoms with Crippen LogP contribution in [0, 0.1) is 13.8 Å². The molecule has 2 N–H and O–H groups in total. The first-order chi connectivity index (χ1) is 13.3. The maximum absolute atomic E-state index is 12.6. The quantitative estimate of drug-likeness (QED) is 0.663. The van der Waals surface area contributed by atoms with Crippen LogP contribution in [0.3, 0.4) is 0 Å². The highest BCUT2D eigenvalue weighted by Gasteiger charge is 2.16. The first-order valence-electron chi connectivity index (χ1n) is 8.87. The van der Waals surface area contributed by atoms with Crippen molar-refractivity contribution in [1.29, 1.82) is 0 Å². The number of amides is 1. The van der Waals surface area contributed by atoms with E-state index in [9.17, 15) is 13.2 Å². The number of aryl methyl sites for hydroxylation is 2. The molecule has 3 aromatic rings. The molecule has 0 fully saturated rings. The van der Waals surface area contributed by atoms with Gasteiger partial charge in [-0.15, -0.1) is 0 Å². The smallest absolute Gasteiger partial charge is 0.255 e. The maximum Gasteiger partial charge on any atom is 0.255 e. The van der Waals surface area contributed by atoms with Gasteiger partial charge < -0.3 is 5.32 Å². The van der Waals surface area contributed by atoms with Crippen LogP contribution in [0.25, 0.3) is 0 Å². The molecular formula is C22H22N2O3S. The van der Waals surface area contributed by atoms with Crippen LogP contribution in [-0.4, -0.2) is 14.3 Å². The zero-order valence-corrected chi connectivity index (χ0v) is 16.6. The fourth-order valence-corrected chi connectivity index (χ4v) is 3.88. The van der Waals surface area contributed by atoms with E-state index in [1.54, 1.807) is 18.2 Å². The van der Waals surface area contributed by atoms with Crippen LogP contribution in [0.4, 0.5) is 5.69 Å². The summed E-state index contributed by atoms with van der Waals surface area (Å²) in [6, 6.07) is 21.0. The van der Waals surface area contributed by atoms with Crippen LogP contribution in [0.1, 0.15) is 27.0 Å². The van der Waals surface area contributed by atoms with Crippen LogP contribution in [0.2, 0.25) is 0 Å². The highest BCUT2D eigenvalue weighted by molar-refractivity contribution is 7.89. The van der Waals surface area contributed by atoms with Gasteiger partial charge in [0.05, 0.1) is 4.90 Å². The lowest BCUT2D eigenvalue weighted by Crippen LogP contribution is -2.23. The number of rotatable bonds is 6. The summed E-state index contributed by atoms with van der Waals surface area (Å²) < 4.78 is 27.8. The summed E-state index contributed by atoms with van der Waals surface area (Å²) in [5.74, 6) is -0.360. The van der Waals surface area contributed by atoms with E-state index < -0.39 is 10.0 Å². The van der Waals surface area contributed by atoms with E-state index >= 15 is 0 Å². The molecule has 144 valence electrons. The van der Waals surface area contributed by atoms with Crippen molar-refractivity contribution in [3.05, 3.63) is 95.1 Å². The van der Waals surface area contributed by atoms with Gasteiger partial charge in [0.2, 0.25) is 10.0 Å². The zero-order chi connectivity index (χ0) is 20.1. The molecule has 0 saturated carbocycles. The van der Waals surface area contributed by atoms with E-state index in [0.717, 1.165) is 16.7 Å². The molecule has 0 aliphatic heterocycles. The van der Waals surface area contributed by atoms with Crippen LogP contribution in [-0.2, 0) is 16.6 Å². The van der Waals surface area contributed by atoms with E-state index in [1.807, 2.05) is 56.3 Å². The third kappa shape index (κ3) is 5.06. The minimum atomic E-state index is -3.74. The topological polar surface area (TPSA) is 75.3 Å². The van der Waals surface area contributed by atoms with Crippen LogP contribution in [0.15, 0.2) is 77.7 Å².